The molecule has 0 bridgehead atoms. The Balaban J connectivity index is 1.01. The molecule has 0 saturated carbocycles. The number of rotatable bonds is 6. The highest BCUT2D eigenvalue weighted by Crippen LogP contribution is 2.48. The summed E-state index contributed by atoms with van der Waals surface area (Å²) in [6.07, 6.45) is 0. The average molecular weight is 755 g/mol. The molecule has 10 aromatic rings. The predicted octanol–water partition coefficient (Wildman–Crippen LogP) is 13.2. The highest BCUT2D eigenvalue weighted by atomic mass is 16.3. The molecule has 0 N–H and O–H groups in total. The summed E-state index contributed by atoms with van der Waals surface area (Å²) in [5.74, 6) is 0. The van der Waals surface area contributed by atoms with E-state index < -0.39 is 0 Å². The molecule has 11 rings (SSSR count). The number of aryl methyl sites for hydroxylation is 2. The van der Waals surface area contributed by atoms with Crippen LogP contribution in [0.25, 0.3) is 77.2 Å². The Bertz CT molecular complexity index is 3260. The Morgan fingerprint density at radius 3 is 1.83 bits per heavy atom. The lowest BCUT2D eigenvalue weighted by molar-refractivity contribution is 0.661. The van der Waals surface area contributed by atoms with Gasteiger partial charge in [-0.15, -0.1) is 0 Å². The van der Waals surface area contributed by atoms with Gasteiger partial charge in [0.05, 0.1) is 0 Å². The first-order chi connectivity index (χ1) is 28.8. The number of hydrogen-bond donors (Lipinski definition) is 0. The summed E-state index contributed by atoms with van der Waals surface area (Å²) < 4.78 is 6.45. The fraction of sp³-hybridized carbons (Fsp3) is 0.0877. The van der Waals surface area contributed by atoms with Gasteiger partial charge in [0.2, 0.25) is 6.71 Å². The normalized spacial score (nSPS) is 12.9. The lowest BCUT2D eigenvalue weighted by atomic mass is 9.36. The van der Waals surface area contributed by atoms with Crippen LogP contribution in [0.2, 0.25) is 0 Å². The maximum Gasteiger partial charge on any atom is 0.241 e. The van der Waals surface area contributed by atoms with Crippen LogP contribution in [-0.4, -0.2) is 6.71 Å². The second-order valence-corrected chi connectivity index (χ2v) is 16.9. The van der Waals surface area contributed by atoms with Crippen LogP contribution in [0.3, 0.4) is 0 Å². The van der Waals surface area contributed by atoms with E-state index in [1.807, 2.05) is 6.07 Å². The van der Waals surface area contributed by atoms with Crippen molar-refractivity contribution in [2.24, 2.45) is 0 Å². The first-order valence-corrected chi connectivity index (χ1v) is 20.8. The van der Waals surface area contributed by atoms with Gasteiger partial charge in [0.15, 0.2) is 0 Å². The maximum absolute atomic E-state index is 6.45. The minimum Gasteiger partial charge on any atom is -0.455 e. The summed E-state index contributed by atoms with van der Waals surface area (Å²) in [6.45, 7) is 9.24. The fourth-order valence-electron chi connectivity index (χ4n) is 9.99. The Kier molecular flexibility index (Phi) is 8.14. The van der Waals surface area contributed by atoms with E-state index in [1.54, 1.807) is 0 Å². The van der Waals surface area contributed by atoms with Crippen molar-refractivity contribution < 1.29 is 4.42 Å². The molecular formula is C57H43BO. The summed E-state index contributed by atoms with van der Waals surface area (Å²) in [5.41, 5.74) is 21.0. The van der Waals surface area contributed by atoms with E-state index in [0.717, 1.165) is 33.1 Å². The zero-order valence-corrected chi connectivity index (χ0v) is 33.9. The number of fused-ring (bicyclic) bond motifs is 7. The zero-order valence-electron chi connectivity index (χ0n) is 33.9. The van der Waals surface area contributed by atoms with Crippen molar-refractivity contribution in [2.45, 2.75) is 33.1 Å². The van der Waals surface area contributed by atoms with Gasteiger partial charge in [0.25, 0.3) is 0 Å². The third-order valence-electron chi connectivity index (χ3n) is 13.1. The van der Waals surface area contributed by atoms with Crippen molar-refractivity contribution in [3.05, 3.63) is 210 Å². The van der Waals surface area contributed by atoms with Crippen LogP contribution in [0.15, 0.2) is 192 Å². The smallest absolute Gasteiger partial charge is 0.241 e. The molecule has 1 aliphatic rings. The van der Waals surface area contributed by atoms with Gasteiger partial charge >= 0.3 is 0 Å². The van der Waals surface area contributed by atoms with Gasteiger partial charge in [0.1, 0.15) is 11.2 Å². The fourth-order valence-corrected chi connectivity index (χ4v) is 9.99. The quantitative estimate of drug-likeness (QED) is 0.154. The molecular weight excluding hydrogens is 711 g/mol. The van der Waals surface area contributed by atoms with Gasteiger partial charge in [-0.3, -0.25) is 0 Å². The van der Waals surface area contributed by atoms with E-state index in [4.69, 9.17) is 4.42 Å². The Morgan fingerprint density at radius 1 is 0.407 bits per heavy atom. The molecule has 0 radical (unpaired) electrons. The van der Waals surface area contributed by atoms with Crippen LogP contribution < -0.4 is 16.4 Å². The van der Waals surface area contributed by atoms with Crippen LogP contribution in [0, 0.1) is 13.8 Å². The average Bonchev–Trinajstić information content (AvgIpc) is 3.77. The van der Waals surface area contributed by atoms with Crippen molar-refractivity contribution in [3.63, 3.8) is 0 Å². The number of para-hydroxylation sites is 2. The van der Waals surface area contributed by atoms with Gasteiger partial charge in [0, 0.05) is 21.8 Å². The number of benzene rings is 9. The molecule has 0 aliphatic heterocycles. The van der Waals surface area contributed by atoms with E-state index >= 15 is 0 Å². The van der Waals surface area contributed by atoms with Crippen LogP contribution in [0.1, 0.15) is 36.1 Å². The van der Waals surface area contributed by atoms with Crippen molar-refractivity contribution in [2.75, 3.05) is 0 Å². The molecule has 1 nitrogen and oxygen atoms in total. The predicted molar refractivity (Wildman–Crippen MR) is 252 cm³/mol. The third kappa shape index (κ3) is 5.69. The molecule has 0 amide bonds. The first-order valence-electron chi connectivity index (χ1n) is 20.8. The van der Waals surface area contributed by atoms with Crippen LogP contribution in [0.5, 0.6) is 0 Å². The highest BCUT2D eigenvalue weighted by Gasteiger charge is 2.36. The van der Waals surface area contributed by atoms with E-state index in [2.05, 4.69) is 210 Å². The molecule has 1 heterocycles. The monoisotopic (exact) mass is 754 g/mol. The summed E-state index contributed by atoms with van der Waals surface area (Å²) in [5, 5.41) is 4.87. The van der Waals surface area contributed by atoms with Crippen LogP contribution in [0.4, 0.5) is 0 Å². The molecule has 0 unspecified atom stereocenters. The molecule has 1 aliphatic carbocycles. The minimum atomic E-state index is -0.0863. The Morgan fingerprint density at radius 2 is 1.02 bits per heavy atom. The van der Waals surface area contributed by atoms with E-state index in [1.165, 1.54) is 82.8 Å². The molecule has 9 aromatic carbocycles. The summed E-state index contributed by atoms with van der Waals surface area (Å²) in [6, 6.07) is 69.6. The molecule has 59 heavy (non-hydrogen) atoms. The Labute approximate surface area is 346 Å². The Hall–Kier alpha value is -6.90. The van der Waals surface area contributed by atoms with Crippen LogP contribution in [-0.2, 0) is 5.41 Å². The van der Waals surface area contributed by atoms with E-state index in [9.17, 15) is 0 Å². The lowest BCUT2D eigenvalue weighted by Crippen LogP contribution is -2.52. The highest BCUT2D eigenvalue weighted by molar-refractivity contribution is 6.95. The zero-order chi connectivity index (χ0) is 39.8. The van der Waals surface area contributed by atoms with Gasteiger partial charge in [-0.05, 0) is 98.0 Å². The van der Waals surface area contributed by atoms with Crippen molar-refractivity contribution in [1.29, 1.82) is 0 Å². The lowest BCUT2D eigenvalue weighted by Gasteiger charge is -2.23. The molecule has 280 valence electrons. The minimum absolute atomic E-state index is 0.0387. The summed E-state index contributed by atoms with van der Waals surface area (Å²) in [4.78, 5) is 0. The van der Waals surface area contributed by atoms with Gasteiger partial charge in [-0.25, -0.2) is 0 Å². The van der Waals surface area contributed by atoms with Gasteiger partial charge in [-0.1, -0.05) is 206 Å². The van der Waals surface area contributed by atoms with Crippen LogP contribution >= 0.6 is 0 Å². The molecule has 0 fully saturated rings. The summed E-state index contributed by atoms with van der Waals surface area (Å²) >= 11 is 0. The largest absolute Gasteiger partial charge is 0.455 e. The first kappa shape index (κ1) is 35.3. The second-order valence-electron chi connectivity index (χ2n) is 16.9. The molecule has 2 heteroatoms. The van der Waals surface area contributed by atoms with Gasteiger partial charge < -0.3 is 4.42 Å². The van der Waals surface area contributed by atoms with Crippen molar-refractivity contribution >= 4 is 55.8 Å². The third-order valence-corrected chi connectivity index (χ3v) is 13.1. The summed E-state index contributed by atoms with van der Waals surface area (Å²) in [7, 11) is 0. The molecule has 0 saturated heterocycles. The standard InChI is InChI=1S/C57H43BO/c1-36-20-23-41(34-51(36)55-37(2)21-22-39-12-5-6-13-45(39)55)38-24-28-42(29-25-38)58(44-32-33-48-47-14-7-9-18-52(47)57(3,4)53(48)35-44)43-30-26-40(27-31-43)46-16-11-17-50-49-15-8-10-19-54(49)59-56(46)50/h5-35H,1-4H3. The molecule has 0 atom stereocenters. The number of hydrogen-bond acceptors (Lipinski definition) is 1. The van der Waals surface area contributed by atoms with Crippen molar-refractivity contribution in [1.82, 2.24) is 0 Å². The second kappa shape index (κ2) is 13.6. The van der Waals surface area contributed by atoms with Crippen molar-refractivity contribution in [3.8, 4) is 44.5 Å². The topological polar surface area (TPSA) is 13.1 Å². The SMILES string of the molecule is Cc1ccc(-c2ccc(B(c3ccc(-c4cccc5c4oc4ccccc45)cc3)c3ccc4c(c3)C(C)(C)c3ccccc3-4)cc2)cc1-c1c(C)ccc2ccccc12. The van der Waals surface area contributed by atoms with E-state index in [0.29, 0.717) is 0 Å². The van der Waals surface area contributed by atoms with Gasteiger partial charge in [-0.2, -0.15) is 0 Å². The van der Waals surface area contributed by atoms with E-state index in [-0.39, 0.29) is 12.1 Å². The molecule has 0 spiro atoms. The maximum atomic E-state index is 6.45. The molecule has 1 aromatic heterocycles. The number of furan rings is 1.